The van der Waals surface area contributed by atoms with E-state index in [1.807, 2.05) is 19.2 Å². The fourth-order valence-corrected chi connectivity index (χ4v) is 8.14. The van der Waals surface area contributed by atoms with E-state index in [-0.39, 0.29) is 49.6 Å². The lowest BCUT2D eigenvalue weighted by molar-refractivity contribution is -0.146. The van der Waals surface area contributed by atoms with Gasteiger partial charge in [-0.15, -0.1) is 11.3 Å². The number of ether oxygens (including phenoxy) is 1. The quantitative estimate of drug-likeness (QED) is 0.236. The van der Waals surface area contributed by atoms with E-state index >= 15 is 0 Å². The molecule has 2 aliphatic carbocycles. The molecular weight excluding hydrogens is 618 g/mol. The molecule has 3 aliphatic rings. The highest BCUT2D eigenvalue weighted by atomic mass is 32.1. The number of nitrogen functional groups attached to an aromatic ring is 1. The molecule has 1 aliphatic heterocycles. The smallest absolute Gasteiger partial charge is 0.242 e. The van der Waals surface area contributed by atoms with Crippen molar-refractivity contribution in [1.82, 2.24) is 19.7 Å². The molecule has 0 unspecified atom stereocenters. The van der Waals surface area contributed by atoms with Crippen molar-refractivity contribution < 1.29 is 29.3 Å². The number of amides is 3. The van der Waals surface area contributed by atoms with Gasteiger partial charge in [0.05, 0.1) is 44.1 Å². The summed E-state index contributed by atoms with van der Waals surface area (Å²) < 4.78 is 5.41. The SMILES string of the molecule is CC(C)C[C@H](O)[C@H](O)[C@H](CC1CCCCC1)N(Cc1csc(N)n1)C(=O)CCC(=O)N(CC(=O)N1CCOCC1)CC1CCCCC1. The highest BCUT2D eigenvalue weighted by Gasteiger charge is 2.37. The van der Waals surface area contributed by atoms with Crippen LogP contribution in [-0.2, 0) is 25.7 Å². The number of anilines is 1. The van der Waals surface area contributed by atoms with Gasteiger partial charge in [0.2, 0.25) is 17.7 Å². The van der Waals surface area contributed by atoms with Crippen LogP contribution in [0.3, 0.4) is 0 Å². The van der Waals surface area contributed by atoms with Crippen LogP contribution in [-0.4, -0.2) is 105 Å². The molecule has 2 saturated carbocycles. The molecule has 3 fully saturated rings. The van der Waals surface area contributed by atoms with Gasteiger partial charge in [0.15, 0.2) is 5.13 Å². The van der Waals surface area contributed by atoms with Crippen LogP contribution in [0.1, 0.15) is 109 Å². The van der Waals surface area contributed by atoms with Crippen LogP contribution in [0.5, 0.6) is 0 Å². The second-order valence-electron chi connectivity index (χ2n) is 14.5. The molecule has 47 heavy (non-hydrogen) atoms. The summed E-state index contributed by atoms with van der Waals surface area (Å²) in [7, 11) is 0. The van der Waals surface area contributed by atoms with Crippen molar-refractivity contribution in [2.75, 3.05) is 45.1 Å². The molecule has 1 saturated heterocycles. The summed E-state index contributed by atoms with van der Waals surface area (Å²) >= 11 is 1.30. The Bertz CT molecular complexity index is 1120. The fraction of sp³-hybridized carbons (Fsp3) is 0.829. The molecule has 266 valence electrons. The minimum Gasteiger partial charge on any atom is -0.390 e. The van der Waals surface area contributed by atoms with E-state index in [1.54, 1.807) is 14.7 Å². The Morgan fingerprint density at radius 2 is 1.60 bits per heavy atom. The van der Waals surface area contributed by atoms with Crippen molar-refractivity contribution in [2.45, 2.75) is 129 Å². The number of rotatable bonds is 16. The van der Waals surface area contributed by atoms with Gasteiger partial charge in [-0.25, -0.2) is 4.98 Å². The molecule has 0 radical (unpaired) electrons. The number of hydrogen-bond donors (Lipinski definition) is 3. The van der Waals surface area contributed by atoms with Crippen molar-refractivity contribution >= 4 is 34.2 Å². The molecular formula is C35H59N5O6S. The highest BCUT2D eigenvalue weighted by Crippen LogP contribution is 2.32. The summed E-state index contributed by atoms with van der Waals surface area (Å²) in [6, 6.07) is -0.626. The second-order valence-corrected chi connectivity index (χ2v) is 15.4. The van der Waals surface area contributed by atoms with Crippen LogP contribution in [0.4, 0.5) is 5.13 Å². The maximum Gasteiger partial charge on any atom is 0.242 e. The van der Waals surface area contributed by atoms with Crippen molar-refractivity contribution in [2.24, 2.45) is 17.8 Å². The predicted molar refractivity (Wildman–Crippen MR) is 183 cm³/mol. The zero-order valence-electron chi connectivity index (χ0n) is 28.7. The van der Waals surface area contributed by atoms with Crippen LogP contribution < -0.4 is 5.73 Å². The molecule has 1 aromatic rings. The van der Waals surface area contributed by atoms with Gasteiger partial charge in [-0.2, -0.15) is 0 Å². The minimum absolute atomic E-state index is 0.00967. The zero-order chi connectivity index (χ0) is 33.8. The summed E-state index contributed by atoms with van der Waals surface area (Å²) in [4.78, 5) is 50.7. The van der Waals surface area contributed by atoms with Gasteiger partial charge in [-0.05, 0) is 43.4 Å². The van der Waals surface area contributed by atoms with Gasteiger partial charge in [-0.1, -0.05) is 65.2 Å². The van der Waals surface area contributed by atoms with E-state index in [4.69, 9.17) is 10.5 Å². The monoisotopic (exact) mass is 677 g/mol. The lowest BCUT2D eigenvalue weighted by Crippen LogP contribution is -2.52. The van der Waals surface area contributed by atoms with E-state index in [2.05, 4.69) is 4.98 Å². The Balaban J connectivity index is 1.51. The molecule has 3 atom stereocenters. The zero-order valence-corrected chi connectivity index (χ0v) is 29.5. The summed E-state index contributed by atoms with van der Waals surface area (Å²) in [5.74, 6) is 0.312. The number of thiazole rings is 1. The number of nitrogens with zero attached hydrogens (tertiary/aromatic N) is 4. The van der Waals surface area contributed by atoms with Crippen molar-refractivity contribution in [3.8, 4) is 0 Å². The molecule has 0 aromatic carbocycles. The number of aliphatic hydroxyl groups excluding tert-OH is 2. The van der Waals surface area contributed by atoms with Crippen LogP contribution in [0.2, 0.25) is 0 Å². The Morgan fingerprint density at radius 3 is 2.19 bits per heavy atom. The third-order valence-electron chi connectivity index (χ3n) is 10.2. The highest BCUT2D eigenvalue weighted by molar-refractivity contribution is 7.13. The van der Waals surface area contributed by atoms with Crippen molar-refractivity contribution in [3.63, 3.8) is 0 Å². The number of nitrogens with two attached hydrogens (primary N) is 1. The topological polar surface area (TPSA) is 150 Å². The number of hydrogen-bond acceptors (Lipinski definition) is 9. The summed E-state index contributed by atoms with van der Waals surface area (Å²) in [6.07, 6.45) is 9.81. The first-order valence-corrected chi connectivity index (χ1v) is 19.0. The Kier molecular flexibility index (Phi) is 15.2. The predicted octanol–water partition coefficient (Wildman–Crippen LogP) is 4.21. The Hall–Kier alpha value is -2.28. The van der Waals surface area contributed by atoms with Crippen molar-refractivity contribution in [1.29, 1.82) is 0 Å². The van der Waals surface area contributed by atoms with Gasteiger partial charge in [0.25, 0.3) is 0 Å². The van der Waals surface area contributed by atoms with Gasteiger partial charge < -0.3 is 35.4 Å². The maximum absolute atomic E-state index is 14.2. The van der Waals surface area contributed by atoms with E-state index in [0.717, 1.165) is 51.4 Å². The molecule has 4 N–H and O–H groups in total. The minimum atomic E-state index is -1.14. The lowest BCUT2D eigenvalue weighted by Gasteiger charge is -2.39. The van der Waals surface area contributed by atoms with Gasteiger partial charge >= 0.3 is 0 Å². The van der Waals surface area contributed by atoms with E-state index in [0.29, 0.717) is 68.4 Å². The summed E-state index contributed by atoms with van der Waals surface area (Å²) in [6.45, 7) is 6.71. The molecule has 0 spiro atoms. The number of morpholine rings is 1. The average molecular weight is 678 g/mol. The largest absolute Gasteiger partial charge is 0.390 e. The van der Waals surface area contributed by atoms with Crippen LogP contribution in [0.25, 0.3) is 0 Å². The molecule has 11 nitrogen and oxygen atoms in total. The van der Waals surface area contributed by atoms with E-state index < -0.39 is 18.2 Å². The first kappa shape index (κ1) is 37.5. The lowest BCUT2D eigenvalue weighted by atomic mass is 9.81. The first-order valence-electron chi connectivity index (χ1n) is 18.1. The van der Waals surface area contributed by atoms with E-state index in [1.165, 1.54) is 24.2 Å². The van der Waals surface area contributed by atoms with Crippen LogP contribution >= 0.6 is 11.3 Å². The molecule has 12 heteroatoms. The fourth-order valence-electron chi connectivity index (χ4n) is 7.58. The molecule has 3 amide bonds. The number of carbonyl (C=O) groups is 3. The average Bonchev–Trinajstić information content (AvgIpc) is 3.49. The number of carbonyl (C=O) groups excluding carboxylic acids is 3. The number of aliphatic hydroxyl groups is 2. The Labute approximate surface area is 285 Å². The van der Waals surface area contributed by atoms with Gasteiger partial charge in [-0.3, -0.25) is 14.4 Å². The van der Waals surface area contributed by atoms with Crippen LogP contribution in [0, 0.1) is 17.8 Å². The third-order valence-corrected chi connectivity index (χ3v) is 10.9. The normalized spacial score (nSPS) is 20.1. The molecule has 0 bridgehead atoms. The maximum atomic E-state index is 14.2. The van der Waals surface area contributed by atoms with Gasteiger partial charge in [0.1, 0.15) is 6.10 Å². The first-order chi connectivity index (χ1) is 22.6. The van der Waals surface area contributed by atoms with Crippen LogP contribution in [0.15, 0.2) is 5.38 Å². The summed E-state index contributed by atoms with van der Waals surface area (Å²) in [5.41, 5.74) is 6.57. The van der Waals surface area contributed by atoms with Gasteiger partial charge in [0, 0.05) is 37.9 Å². The standard InChI is InChI=1S/C35H59N5O6S/c1-25(2)19-30(41)34(45)29(20-26-9-5-3-6-10-26)40(22-28-24-47-35(36)37-28)32(43)14-13-31(42)39(21-27-11-7-4-8-12-27)23-33(44)38-15-17-46-18-16-38/h24-27,29-30,34,41,45H,3-23H2,1-2H3,(H2,36,37)/t29-,30-,34+/m0/s1. The number of aromatic nitrogens is 1. The molecule has 2 heterocycles. The third kappa shape index (κ3) is 12.0. The summed E-state index contributed by atoms with van der Waals surface area (Å²) in [5, 5.41) is 24.9. The molecule has 1 aromatic heterocycles. The van der Waals surface area contributed by atoms with Crippen molar-refractivity contribution in [3.05, 3.63) is 11.1 Å². The van der Waals surface area contributed by atoms with E-state index in [9.17, 15) is 24.6 Å². The Morgan fingerprint density at radius 1 is 0.979 bits per heavy atom. The second kappa shape index (κ2) is 19.0. The molecule has 4 rings (SSSR count).